The smallest absolute Gasteiger partial charge is 0.389 e. The lowest BCUT2D eigenvalue weighted by atomic mass is 9.93. The molecule has 1 N–H and O–H groups in total. The fraction of sp³-hybridized carbons (Fsp3) is 0.400. The van der Waals surface area contributed by atoms with E-state index in [1.807, 2.05) is 17.9 Å². The molecule has 2 aliphatic rings. The number of carbonyl (C=O) groups is 2. The van der Waals surface area contributed by atoms with Gasteiger partial charge in [-0.25, -0.2) is 0 Å². The summed E-state index contributed by atoms with van der Waals surface area (Å²) in [6, 6.07) is 9.54. The third kappa shape index (κ3) is 9.27. The molecule has 222 valence electrons. The van der Waals surface area contributed by atoms with Crippen LogP contribution in [0.15, 0.2) is 65.8 Å². The third-order valence-electron chi connectivity index (χ3n) is 7.10. The molecule has 0 radical (unpaired) electrons. The predicted octanol–water partition coefficient (Wildman–Crippen LogP) is 6.91. The van der Waals surface area contributed by atoms with Gasteiger partial charge < -0.3 is 10.0 Å². The van der Waals surface area contributed by atoms with Crippen molar-refractivity contribution in [3.63, 3.8) is 0 Å². The Morgan fingerprint density at radius 1 is 1.02 bits per heavy atom. The first-order valence-electron chi connectivity index (χ1n) is 13.1. The highest BCUT2D eigenvalue weighted by molar-refractivity contribution is 7.27. The maximum atomic E-state index is 12.5. The van der Waals surface area contributed by atoms with Crippen molar-refractivity contribution in [2.75, 3.05) is 13.1 Å². The molecular formula is C30H32F6NO3P. The molecular weight excluding hydrogens is 567 g/mol. The molecule has 1 fully saturated rings. The first-order valence-corrected chi connectivity index (χ1v) is 13.6. The second-order valence-corrected chi connectivity index (χ2v) is 10.9. The van der Waals surface area contributed by atoms with E-state index >= 15 is 0 Å². The highest BCUT2D eigenvalue weighted by Crippen LogP contribution is 2.37. The number of ketones is 1. The summed E-state index contributed by atoms with van der Waals surface area (Å²) >= 11 is 0. The molecule has 1 amide bonds. The maximum absolute atomic E-state index is 12.5. The summed E-state index contributed by atoms with van der Waals surface area (Å²) < 4.78 is 74.1. The number of aliphatic hydroxyl groups is 1. The molecule has 1 aliphatic heterocycles. The summed E-state index contributed by atoms with van der Waals surface area (Å²) in [5, 5.41) is 10.3. The molecule has 2 unspecified atom stereocenters. The van der Waals surface area contributed by atoms with Gasteiger partial charge in [0.1, 0.15) is 5.78 Å². The van der Waals surface area contributed by atoms with Crippen molar-refractivity contribution in [1.82, 2.24) is 4.90 Å². The van der Waals surface area contributed by atoms with Crippen molar-refractivity contribution in [1.29, 1.82) is 0 Å². The van der Waals surface area contributed by atoms with Gasteiger partial charge in [0.2, 0.25) is 5.91 Å². The number of allylic oxidation sites excluding steroid dienone is 3. The van der Waals surface area contributed by atoms with Gasteiger partial charge >= 0.3 is 12.4 Å². The van der Waals surface area contributed by atoms with E-state index in [-0.39, 0.29) is 17.8 Å². The molecule has 4 nitrogen and oxygen atoms in total. The molecule has 4 rings (SSSR count). The zero-order chi connectivity index (χ0) is 30.5. The molecule has 1 saturated heterocycles. The molecule has 11 heteroatoms. The highest BCUT2D eigenvalue weighted by Gasteiger charge is 2.37. The maximum Gasteiger partial charge on any atom is 0.416 e. The SMILES string of the molecule is C/C(=C\C(=O)N1CCC(c2ccc(P)cc2)C1)C1=CCC(=O)CC1.C[C@@H](O)c1cc(C(F)(F)F)cc(C(F)(F)F)c1. The molecule has 2 aromatic carbocycles. The average molecular weight is 600 g/mol. The van der Waals surface area contributed by atoms with Crippen LogP contribution in [-0.4, -0.2) is 34.8 Å². The average Bonchev–Trinajstić information content (AvgIpc) is 3.39. The second-order valence-electron chi connectivity index (χ2n) is 10.3. The van der Waals surface area contributed by atoms with Gasteiger partial charge in [-0.3, -0.25) is 9.59 Å². The predicted molar refractivity (Wildman–Crippen MR) is 148 cm³/mol. The number of likely N-dealkylation sites (tertiary alicyclic amines) is 1. The van der Waals surface area contributed by atoms with E-state index in [0.29, 0.717) is 30.9 Å². The van der Waals surface area contributed by atoms with E-state index in [1.54, 1.807) is 6.08 Å². The van der Waals surface area contributed by atoms with Crippen molar-refractivity contribution >= 4 is 26.2 Å². The summed E-state index contributed by atoms with van der Waals surface area (Å²) in [5.41, 5.74) is 0.183. The summed E-state index contributed by atoms with van der Waals surface area (Å²) in [4.78, 5) is 25.8. The van der Waals surface area contributed by atoms with Crippen LogP contribution in [0.2, 0.25) is 0 Å². The Kier molecular flexibility index (Phi) is 10.6. The zero-order valence-corrected chi connectivity index (χ0v) is 23.8. The number of hydrogen-bond donors (Lipinski definition) is 1. The quantitative estimate of drug-likeness (QED) is 0.236. The molecule has 3 atom stereocenters. The van der Waals surface area contributed by atoms with Crippen molar-refractivity contribution < 1.29 is 41.0 Å². The number of rotatable bonds is 4. The normalized spacial score (nSPS) is 18.9. The topological polar surface area (TPSA) is 57.6 Å². The van der Waals surface area contributed by atoms with E-state index in [4.69, 9.17) is 5.11 Å². The van der Waals surface area contributed by atoms with Gasteiger partial charge in [0.15, 0.2) is 0 Å². The number of alkyl halides is 6. The third-order valence-corrected chi connectivity index (χ3v) is 7.48. The van der Waals surface area contributed by atoms with E-state index in [0.717, 1.165) is 44.0 Å². The van der Waals surface area contributed by atoms with Crippen LogP contribution in [0.4, 0.5) is 26.3 Å². The number of nitrogens with zero attached hydrogens (tertiary/aromatic N) is 1. The fourth-order valence-corrected chi connectivity index (χ4v) is 4.86. The van der Waals surface area contributed by atoms with Gasteiger partial charge in [0.25, 0.3) is 0 Å². The van der Waals surface area contributed by atoms with Crippen molar-refractivity contribution in [2.24, 2.45) is 0 Å². The monoisotopic (exact) mass is 599 g/mol. The van der Waals surface area contributed by atoms with Gasteiger partial charge in [0.05, 0.1) is 17.2 Å². The number of Topliss-reactive ketones (excluding diaryl/α,β-unsaturated/α-hetero) is 1. The highest BCUT2D eigenvalue weighted by atomic mass is 31.0. The minimum atomic E-state index is -4.88. The van der Waals surface area contributed by atoms with Crippen LogP contribution in [0.5, 0.6) is 0 Å². The van der Waals surface area contributed by atoms with Crippen molar-refractivity contribution in [3.05, 3.63) is 88.0 Å². The lowest BCUT2D eigenvalue weighted by Crippen LogP contribution is -2.27. The Morgan fingerprint density at radius 2 is 1.61 bits per heavy atom. The first kappa shape index (κ1) is 32.5. The summed E-state index contributed by atoms with van der Waals surface area (Å²) in [7, 11) is 2.70. The van der Waals surface area contributed by atoms with Crippen molar-refractivity contribution in [2.45, 2.75) is 63.9 Å². The van der Waals surface area contributed by atoms with Crippen LogP contribution >= 0.6 is 9.24 Å². The van der Waals surface area contributed by atoms with Crippen LogP contribution in [0.3, 0.4) is 0 Å². The molecule has 0 aromatic heterocycles. The van der Waals surface area contributed by atoms with Gasteiger partial charge in [-0.05, 0) is 72.5 Å². The molecule has 0 saturated carbocycles. The molecule has 41 heavy (non-hydrogen) atoms. The Bertz CT molecular complexity index is 1280. The lowest BCUT2D eigenvalue weighted by molar-refractivity contribution is -0.143. The Hall–Kier alpha value is -2.97. The standard InChI is InChI=1S/C20H24NO2P.C10H8F6O/c1-14(15-2-6-18(22)7-3-15)12-20(23)21-11-10-17(13-21)16-4-8-19(24)9-5-16;1-5(17)6-2-7(9(11,12)13)4-8(3-6)10(14,15)16/h2,4-5,8-9,12,17H,3,6-7,10-11,13,24H2,1H3;2-5,17H,1H3/b14-12+;/t;5-/m.1/s1. The number of benzene rings is 2. The van der Waals surface area contributed by atoms with Crippen LogP contribution in [-0.2, 0) is 21.9 Å². The fourth-order valence-electron chi connectivity index (χ4n) is 4.66. The number of halogens is 6. The minimum absolute atomic E-state index is 0.0197. The summed E-state index contributed by atoms with van der Waals surface area (Å²) in [6.45, 7) is 4.67. The van der Waals surface area contributed by atoms with Crippen LogP contribution < -0.4 is 5.30 Å². The second kappa shape index (κ2) is 13.3. The van der Waals surface area contributed by atoms with E-state index in [9.17, 15) is 35.9 Å². The zero-order valence-electron chi connectivity index (χ0n) is 22.6. The van der Waals surface area contributed by atoms with Gasteiger partial charge in [-0.15, -0.1) is 9.24 Å². The van der Waals surface area contributed by atoms with E-state index < -0.39 is 35.1 Å². The van der Waals surface area contributed by atoms with Gasteiger partial charge in [0, 0.05) is 37.9 Å². The lowest BCUT2D eigenvalue weighted by Gasteiger charge is -2.17. The number of aliphatic hydroxyl groups excluding tert-OH is 1. The Labute approximate surface area is 237 Å². The first-order chi connectivity index (χ1) is 19.0. The van der Waals surface area contributed by atoms with Crippen molar-refractivity contribution in [3.8, 4) is 0 Å². The summed E-state index contributed by atoms with van der Waals surface area (Å²) in [6.07, 6.45) is -4.56. The molecule has 1 heterocycles. The molecule has 1 aliphatic carbocycles. The van der Waals surface area contributed by atoms with Gasteiger partial charge in [-0.1, -0.05) is 30.3 Å². The van der Waals surface area contributed by atoms with Crippen LogP contribution in [0, 0.1) is 0 Å². The van der Waals surface area contributed by atoms with Crippen LogP contribution in [0.25, 0.3) is 0 Å². The van der Waals surface area contributed by atoms with Crippen LogP contribution in [0.1, 0.15) is 73.8 Å². The summed E-state index contributed by atoms with van der Waals surface area (Å²) in [5.74, 6) is 0.812. The molecule has 0 bridgehead atoms. The number of amides is 1. The number of hydrogen-bond acceptors (Lipinski definition) is 3. The largest absolute Gasteiger partial charge is 0.416 e. The van der Waals surface area contributed by atoms with Gasteiger partial charge in [-0.2, -0.15) is 26.3 Å². The van der Waals surface area contributed by atoms with E-state index in [2.05, 4.69) is 33.5 Å². The number of carbonyl (C=O) groups excluding carboxylic acids is 2. The Balaban J connectivity index is 0.000000241. The molecule has 2 aromatic rings. The minimum Gasteiger partial charge on any atom is -0.389 e. The van der Waals surface area contributed by atoms with E-state index in [1.165, 1.54) is 10.9 Å². The Morgan fingerprint density at radius 3 is 2.10 bits per heavy atom. The molecule has 0 spiro atoms.